The Hall–Kier alpha value is -5.35. The highest BCUT2D eigenvalue weighted by Crippen LogP contribution is 2.29. The normalized spacial score (nSPS) is 17.8. The Labute approximate surface area is 282 Å². The number of likely N-dealkylation sites (N-methyl/N-ethyl adjacent to an activating group) is 1. The van der Waals surface area contributed by atoms with Gasteiger partial charge in [0.05, 0.1) is 13.1 Å². The predicted octanol–water partition coefficient (Wildman–Crippen LogP) is 4.85. The Balaban J connectivity index is 0.00000451. The maximum Gasteiger partial charge on any atom is 0.334 e. The first-order valence-corrected chi connectivity index (χ1v) is 15.8. The third-order valence-electron chi connectivity index (χ3n) is 8.79. The summed E-state index contributed by atoms with van der Waals surface area (Å²) in [5.74, 6) is -0.275. The van der Waals surface area contributed by atoms with Crippen molar-refractivity contribution in [1.29, 1.82) is 0 Å². The van der Waals surface area contributed by atoms with E-state index in [0.29, 0.717) is 13.1 Å². The molecule has 0 bridgehead atoms. The predicted molar refractivity (Wildman–Crippen MR) is 187 cm³/mol. The number of nitrogens with zero attached hydrogens (tertiary/aromatic N) is 5. The van der Waals surface area contributed by atoms with Crippen molar-refractivity contribution in [2.24, 2.45) is 0 Å². The maximum absolute atomic E-state index is 14.3. The van der Waals surface area contributed by atoms with Crippen molar-refractivity contribution in [3.8, 4) is 5.75 Å². The van der Waals surface area contributed by atoms with Gasteiger partial charge in [-0.3, -0.25) is 9.59 Å². The molecule has 0 radical (unpaired) electrons. The molecule has 10 nitrogen and oxygen atoms in total. The van der Waals surface area contributed by atoms with Crippen LogP contribution in [0.1, 0.15) is 29.7 Å². The molecular formula is C38H44N6O4. The van der Waals surface area contributed by atoms with Crippen LogP contribution in [0.2, 0.25) is 0 Å². The molecule has 4 amide bonds. The smallest absolute Gasteiger partial charge is 0.334 e. The molecule has 10 heteroatoms. The standard InChI is InChI=1S/C37H40N6O4.CH4/c1-39(23-29-12-7-4-8-13-29)31-15-9-14-30(20-31)24-41-25-34-42(33(36(41)46)21-27-16-18-32(44)19-17-27)35(45)26-40(2)43(34)37(47)38-22-28-10-5-3-6-11-28;/h3-20,33-34,44H,21-26H2,1-2H3,(H,38,47);1H4/t33-,34-;/m0./s1. The number of phenols is 1. The van der Waals surface area contributed by atoms with E-state index in [0.717, 1.165) is 28.9 Å². The summed E-state index contributed by atoms with van der Waals surface area (Å²) in [4.78, 5) is 47.2. The summed E-state index contributed by atoms with van der Waals surface area (Å²) in [6.07, 6.45) is -0.457. The number of aromatic hydroxyl groups is 1. The molecule has 2 aliphatic rings. The summed E-state index contributed by atoms with van der Waals surface area (Å²) < 4.78 is 0. The zero-order chi connectivity index (χ0) is 32.9. The number of carbonyl (C=O) groups is 3. The number of benzene rings is 4. The van der Waals surface area contributed by atoms with Gasteiger partial charge in [0.15, 0.2) is 0 Å². The number of hydrogen-bond donors (Lipinski definition) is 2. The van der Waals surface area contributed by atoms with Crippen LogP contribution >= 0.6 is 0 Å². The van der Waals surface area contributed by atoms with E-state index in [1.807, 2.05) is 73.8 Å². The molecule has 2 saturated heterocycles. The Kier molecular flexibility index (Phi) is 10.7. The molecule has 4 aromatic carbocycles. The minimum absolute atomic E-state index is 0. The fourth-order valence-corrected chi connectivity index (χ4v) is 6.42. The molecule has 48 heavy (non-hydrogen) atoms. The van der Waals surface area contributed by atoms with Crippen LogP contribution in [0.25, 0.3) is 0 Å². The van der Waals surface area contributed by atoms with E-state index in [-0.39, 0.29) is 50.5 Å². The van der Waals surface area contributed by atoms with Gasteiger partial charge in [-0.05, 0) is 46.5 Å². The Bertz CT molecular complexity index is 1700. The zero-order valence-electron chi connectivity index (χ0n) is 26.7. The largest absolute Gasteiger partial charge is 0.508 e. The molecule has 250 valence electrons. The summed E-state index contributed by atoms with van der Waals surface area (Å²) in [6, 6.07) is 33.5. The van der Waals surface area contributed by atoms with Gasteiger partial charge in [-0.15, -0.1) is 0 Å². The lowest BCUT2D eigenvalue weighted by molar-refractivity contribution is -0.187. The number of amides is 4. The zero-order valence-corrected chi connectivity index (χ0v) is 26.7. The van der Waals surface area contributed by atoms with Crippen LogP contribution in [0.3, 0.4) is 0 Å². The number of urea groups is 1. The second-order valence-electron chi connectivity index (χ2n) is 12.2. The molecule has 2 fully saturated rings. The molecule has 4 aromatic rings. The first-order chi connectivity index (χ1) is 22.8. The van der Waals surface area contributed by atoms with Gasteiger partial charge in [-0.2, -0.15) is 0 Å². The van der Waals surface area contributed by atoms with Crippen LogP contribution in [0.15, 0.2) is 109 Å². The number of anilines is 1. The molecule has 0 aliphatic carbocycles. The minimum Gasteiger partial charge on any atom is -0.508 e. The van der Waals surface area contributed by atoms with Crippen molar-refractivity contribution < 1.29 is 19.5 Å². The number of nitrogens with one attached hydrogen (secondary N) is 1. The van der Waals surface area contributed by atoms with Crippen LogP contribution in [0, 0.1) is 0 Å². The van der Waals surface area contributed by atoms with E-state index in [9.17, 15) is 19.5 Å². The molecule has 0 spiro atoms. The third-order valence-corrected chi connectivity index (χ3v) is 8.79. The van der Waals surface area contributed by atoms with E-state index in [1.54, 1.807) is 51.1 Å². The van der Waals surface area contributed by atoms with E-state index in [1.165, 1.54) is 5.56 Å². The van der Waals surface area contributed by atoms with E-state index >= 15 is 0 Å². The van der Waals surface area contributed by atoms with Crippen LogP contribution in [-0.4, -0.2) is 82.2 Å². The highest BCUT2D eigenvalue weighted by Gasteiger charge is 2.50. The van der Waals surface area contributed by atoms with Gasteiger partial charge in [0.2, 0.25) is 11.8 Å². The number of phenolic OH excluding ortho intramolecular Hbond substituents is 1. The number of hydrazine groups is 1. The molecule has 2 atom stereocenters. The van der Waals surface area contributed by atoms with Gasteiger partial charge in [0, 0.05) is 45.8 Å². The second kappa shape index (κ2) is 15.0. The molecule has 6 rings (SSSR count). The first-order valence-electron chi connectivity index (χ1n) is 15.8. The highest BCUT2D eigenvalue weighted by molar-refractivity contribution is 5.91. The van der Waals surface area contributed by atoms with E-state index < -0.39 is 12.2 Å². The minimum atomic E-state index is -0.826. The molecular weight excluding hydrogens is 604 g/mol. The van der Waals surface area contributed by atoms with Crippen molar-refractivity contribution in [3.05, 3.63) is 131 Å². The van der Waals surface area contributed by atoms with Crippen molar-refractivity contribution in [2.75, 3.05) is 32.1 Å². The monoisotopic (exact) mass is 648 g/mol. The topological polar surface area (TPSA) is 99.7 Å². The summed E-state index contributed by atoms with van der Waals surface area (Å²) in [5.41, 5.74) is 4.92. The summed E-state index contributed by atoms with van der Waals surface area (Å²) in [6.45, 7) is 1.50. The lowest BCUT2D eigenvalue weighted by Crippen LogP contribution is -2.76. The first kappa shape index (κ1) is 34.0. The summed E-state index contributed by atoms with van der Waals surface area (Å²) in [5, 5.41) is 16.1. The van der Waals surface area contributed by atoms with Crippen molar-refractivity contribution in [3.63, 3.8) is 0 Å². The third kappa shape index (κ3) is 7.61. The average Bonchev–Trinajstić information content (AvgIpc) is 3.07. The van der Waals surface area contributed by atoms with Crippen molar-refractivity contribution in [2.45, 2.75) is 45.7 Å². The molecule has 2 aliphatic heterocycles. The van der Waals surface area contributed by atoms with Crippen molar-refractivity contribution in [1.82, 2.24) is 25.1 Å². The molecule has 2 N–H and O–H groups in total. The fraction of sp³-hybridized carbons (Fsp3) is 0.289. The quantitative estimate of drug-likeness (QED) is 0.270. The van der Waals surface area contributed by atoms with Crippen LogP contribution in [-0.2, 0) is 35.6 Å². The van der Waals surface area contributed by atoms with Gasteiger partial charge in [-0.1, -0.05) is 92.4 Å². The highest BCUT2D eigenvalue weighted by atomic mass is 16.3. The van der Waals surface area contributed by atoms with Crippen LogP contribution < -0.4 is 10.2 Å². The lowest BCUT2D eigenvalue weighted by Gasteiger charge is -2.54. The van der Waals surface area contributed by atoms with Crippen LogP contribution in [0.4, 0.5) is 10.5 Å². The van der Waals surface area contributed by atoms with Crippen molar-refractivity contribution >= 4 is 23.5 Å². The summed E-state index contributed by atoms with van der Waals surface area (Å²) >= 11 is 0. The number of rotatable bonds is 9. The fourth-order valence-electron chi connectivity index (χ4n) is 6.42. The molecule has 0 aromatic heterocycles. The van der Waals surface area contributed by atoms with Crippen LogP contribution in [0.5, 0.6) is 5.75 Å². The Morgan fingerprint density at radius 1 is 0.854 bits per heavy atom. The average molecular weight is 649 g/mol. The van der Waals surface area contributed by atoms with Gasteiger partial charge >= 0.3 is 6.03 Å². The Morgan fingerprint density at radius 3 is 2.19 bits per heavy atom. The number of fused-ring (bicyclic) bond motifs is 1. The molecule has 2 heterocycles. The number of carbonyl (C=O) groups excluding carboxylic acids is 3. The maximum atomic E-state index is 14.3. The van der Waals surface area contributed by atoms with E-state index in [2.05, 4.69) is 28.4 Å². The van der Waals surface area contributed by atoms with Gasteiger partial charge in [-0.25, -0.2) is 14.8 Å². The number of piperazine rings is 1. The second-order valence-corrected chi connectivity index (χ2v) is 12.2. The Morgan fingerprint density at radius 2 is 1.50 bits per heavy atom. The lowest BCUT2D eigenvalue weighted by atomic mass is 9.98. The number of hydrogen-bond acceptors (Lipinski definition) is 6. The molecule has 0 unspecified atom stereocenters. The summed E-state index contributed by atoms with van der Waals surface area (Å²) in [7, 11) is 3.76. The van der Waals surface area contributed by atoms with Gasteiger partial charge in [0.25, 0.3) is 0 Å². The molecule has 0 saturated carbocycles. The van der Waals surface area contributed by atoms with Gasteiger partial charge < -0.3 is 25.1 Å². The van der Waals surface area contributed by atoms with Gasteiger partial charge in [0.1, 0.15) is 18.0 Å². The van der Waals surface area contributed by atoms with E-state index in [4.69, 9.17) is 0 Å². The SMILES string of the molecule is C.CN(Cc1ccccc1)c1cccc(CN2C[C@H]3N(C(=O)CN(C)N3C(=O)NCc3ccccc3)[C@@H](Cc3ccc(O)cc3)C2=O)c1.